The first-order valence-corrected chi connectivity index (χ1v) is 7.84. The van der Waals surface area contributed by atoms with E-state index in [0.29, 0.717) is 29.8 Å². The Morgan fingerprint density at radius 1 is 1.12 bits per heavy atom. The number of nitrogens with zero attached hydrogens (tertiary/aromatic N) is 1. The lowest BCUT2D eigenvalue weighted by atomic mass is 10.1. The molecule has 0 aliphatic rings. The third-order valence-corrected chi connectivity index (χ3v) is 3.82. The van der Waals surface area contributed by atoms with Crippen LogP contribution in [0.3, 0.4) is 0 Å². The summed E-state index contributed by atoms with van der Waals surface area (Å²) in [5.41, 5.74) is 9.71. The van der Waals surface area contributed by atoms with Crippen LogP contribution in [0.25, 0.3) is 0 Å². The molecule has 2 amide bonds. The molecular formula is C19H23N3O2. The zero-order valence-electron chi connectivity index (χ0n) is 14.3. The number of anilines is 2. The van der Waals surface area contributed by atoms with Crippen LogP contribution in [0.4, 0.5) is 11.4 Å². The minimum atomic E-state index is -0.0793. The monoisotopic (exact) mass is 325 g/mol. The van der Waals surface area contributed by atoms with Gasteiger partial charge in [-0.2, -0.15) is 0 Å². The predicted octanol–water partition coefficient (Wildman–Crippen LogP) is 2.85. The molecule has 0 saturated carbocycles. The van der Waals surface area contributed by atoms with Gasteiger partial charge in [0.05, 0.1) is 0 Å². The maximum absolute atomic E-state index is 12.1. The highest BCUT2D eigenvalue weighted by Gasteiger charge is 2.12. The summed E-state index contributed by atoms with van der Waals surface area (Å²) in [6, 6.07) is 12.8. The van der Waals surface area contributed by atoms with Gasteiger partial charge in [0.15, 0.2) is 0 Å². The Morgan fingerprint density at radius 3 is 2.46 bits per heavy atom. The van der Waals surface area contributed by atoms with Gasteiger partial charge in [0, 0.05) is 37.5 Å². The lowest BCUT2D eigenvalue weighted by Crippen LogP contribution is -2.22. The topological polar surface area (TPSA) is 75.4 Å². The van der Waals surface area contributed by atoms with Crippen molar-refractivity contribution in [3.05, 3.63) is 59.2 Å². The zero-order valence-corrected chi connectivity index (χ0v) is 14.3. The number of nitrogens with two attached hydrogens (primary N) is 1. The smallest absolute Gasteiger partial charge is 0.253 e. The van der Waals surface area contributed by atoms with Crippen LogP contribution in [0.5, 0.6) is 0 Å². The van der Waals surface area contributed by atoms with E-state index in [0.717, 1.165) is 11.1 Å². The third kappa shape index (κ3) is 4.35. The largest absolute Gasteiger partial charge is 0.399 e. The van der Waals surface area contributed by atoms with Gasteiger partial charge in [0.2, 0.25) is 5.91 Å². The molecule has 0 aliphatic carbocycles. The minimum absolute atomic E-state index is 0.0510. The number of amides is 2. The Bertz CT molecular complexity index is 754. The standard InChI is InChI=1S/C19H23N3O2/c1-13-12-15(9-10-16(13)19(24)22(2)3)21-18(23)11-8-14-6-4-5-7-17(14)20/h4-7,9-10,12H,8,11,20H2,1-3H3,(H,21,23). The maximum Gasteiger partial charge on any atom is 0.253 e. The van der Waals surface area contributed by atoms with E-state index in [1.165, 1.54) is 4.90 Å². The number of rotatable bonds is 5. The molecule has 126 valence electrons. The molecule has 0 atom stereocenters. The van der Waals surface area contributed by atoms with E-state index < -0.39 is 0 Å². The van der Waals surface area contributed by atoms with Gasteiger partial charge in [-0.05, 0) is 48.7 Å². The molecule has 2 rings (SSSR count). The number of carbonyl (C=O) groups is 2. The van der Waals surface area contributed by atoms with E-state index in [2.05, 4.69) is 5.32 Å². The second-order valence-corrected chi connectivity index (χ2v) is 5.98. The SMILES string of the molecule is Cc1cc(NC(=O)CCc2ccccc2N)ccc1C(=O)N(C)C. The molecule has 5 nitrogen and oxygen atoms in total. The highest BCUT2D eigenvalue weighted by molar-refractivity contribution is 5.97. The fraction of sp³-hybridized carbons (Fsp3) is 0.263. The number of hydrogen-bond donors (Lipinski definition) is 2. The summed E-state index contributed by atoms with van der Waals surface area (Å²) >= 11 is 0. The molecule has 0 heterocycles. The van der Waals surface area contributed by atoms with Crippen molar-refractivity contribution in [1.82, 2.24) is 4.90 Å². The number of carbonyl (C=O) groups excluding carboxylic acids is 2. The molecule has 2 aromatic carbocycles. The summed E-state index contributed by atoms with van der Waals surface area (Å²) in [6.45, 7) is 1.86. The minimum Gasteiger partial charge on any atom is -0.399 e. The second-order valence-electron chi connectivity index (χ2n) is 5.98. The van der Waals surface area contributed by atoms with E-state index in [4.69, 9.17) is 5.73 Å². The first-order valence-electron chi connectivity index (χ1n) is 7.84. The normalized spacial score (nSPS) is 10.3. The second kappa shape index (κ2) is 7.64. The lowest BCUT2D eigenvalue weighted by molar-refractivity contribution is -0.116. The van der Waals surface area contributed by atoms with Crippen LogP contribution in [0, 0.1) is 6.92 Å². The Balaban J connectivity index is 1.98. The molecule has 5 heteroatoms. The Morgan fingerprint density at radius 2 is 1.83 bits per heavy atom. The lowest BCUT2D eigenvalue weighted by Gasteiger charge is -2.14. The number of aryl methyl sites for hydroxylation is 2. The molecule has 0 fully saturated rings. The van der Waals surface area contributed by atoms with Crippen molar-refractivity contribution in [2.45, 2.75) is 19.8 Å². The average molecular weight is 325 g/mol. The van der Waals surface area contributed by atoms with E-state index in [1.807, 2.05) is 37.3 Å². The molecule has 2 aromatic rings. The maximum atomic E-state index is 12.1. The van der Waals surface area contributed by atoms with E-state index in [-0.39, 0.29) is 11.8 Å². The molecule has 0 saturated heterocycles. The van der Waals surface area contributed by atoms with Gasteiger partial charge in [0.1, 0.15) is 0 Å². The summed E-state index contributed by atoms with van der Waals surface area (Å²) in [6.07, 6.45) is 0.945. The van der Waals surface area contributed by atoms with E-state index in [1.54, 1.807) is 26.2 Å². The van der Waals surface area contributed by atoms with Gasteiger partial charge in [0.25, 0.3) is 5.91 Å². The first-order chi connectivity index (χ1) is 11.4. The van der Waals surface area contributed by atoms with Crippen molar-refractivity contribution in [2.24, 2.45) is 0 Å². The van der Waals surface area contributed by atoms with Gasteiger partial charge in [-0.1, -0.05) is 18.2 Å². The number of hydrogen-bond acceptors (Lipinski definition) is 3. The molecule has 3 N–H and O–H groups in total. The van der Waals surface area contributed by atoms with Crippen LogP contribution in [-0.4, -0.2) is 30.8 Å². The average Bonchev–Trinajstić information content (AvgIpc) is 2.53. The van der Waals surface area contributed by atoms with Crippen LogP contribution in [0.2, 0.25) is 0 Å². The van der Waals surface area contributed by atoms with Gasteiger partial charge >= 0.3 is 0 Å². The fourth-order valence-corrected chi connectivity index (χ4v) is 2.46. The highest BCUT2D eigenvalue weighted by atomic mass is 16.2. The molecule has 0 radical (unpaired) electrons. The summed E-state index contributed by atoms with van der Waals surface area (Å²) in [5.74, 6) is -0.130. The van der Waals surface area contributed by atoms with E-state index in [9.17, 15) is 9.59 Å². The van der Waals surface area contributed by atoms with Gasteiger partial charge < -0.3 is 16.0 Å². The van der Waals surface area contributed by atoms with Crippen molar-refractivity contribution in [2.75, 3.05) is 25.1 Å². The Hall–Kier alpha value is -2.82. The predicted molar refractivity (Wildman–Crippen MR) is 97.0 cm³/mol. The van der Waals surface area contributed by atoms with Crippen LogP contribution in [0.15, 0.2) is 42.5 Å². The fourth-order valence-electron chi connectivity index (χ4n) is 2.46. The van der Waals surface area contributed by atoms with Gasteiger partial charge in [-0.15, -0.1) is 0 Å². The molecule has 0 spiro atoms. The van der Waals surface area contributed by atoms with Gasteiger partial charge in [-0.25, -0.2) is 0 Å². The number of nitrogen functional groups attached to an aromatic ring is 1. The molecule has 0 aliphatic heterocycles. The van der Waals surface area contributed by atoms with Crippen molar-refractivity contribution < 1.29 is 9.59 Å². The van der Waals surface area contributed by atoms with Crippen LogP contribution < -0.4 is 11.1 Å². The summed E-state index contributed by atoms with van der Waals surface area (Å²) < 4.78 is 0. The Labute approximate surface area is 142 Å². The number of benzene rings is 2. The molecule has 0 bridgehead atoms. The number of nitrogens with one attached hydrogen (secondary N) is 1. The molecule has 0 aromatic heterocycles. The first kappa shape index (κ1) is 17.5. The van der Waals surface area contributed by atoms with Crippen LogP contribution in [-0.2, 0) is 11.2 Å². The summed E-state index contributed by atoms with van der Waals surface area (Å²) in [4.78, 5) is 25.7. The number of para-hydroxylation sites is 1. The van der Waals surface area contributed by atoms with Gasteiger partial charge in [-0.3, -0.25) is 9.59 Å². The summed E-state index contributed by atoms with van der Waals surface area (Å²) in [7, 11) is 3.43. The van der Waals surface area contributed by atoms with Crippen LogP contribution >= 0.6 is 0 Å². The molecule has 0 unspecified atom stereocenters. The quantitative estimate of drug-likeness (QED) is 0.830. The molecular weight excluding hydrogens is 302 g/mol. The third-order valence-electron chi connectivity index (χ3n) is 3.82. The van der Waals surface area contributed by atoms with E-state index >= 15 is 0 Å². The zero-order chi connectivity index (χ0) is 17.7. The van der Waals surface area contributed by atoms with Crippen molar-refractivity contribution in [3.8, 4) is 0 Å². The Kier molecular flexibility index (Phi) is 5.58. The van der Waals surface area contributed by atoms with Crippen molar-refractivity contribution in [1.29, 1.82) is 0 Å². The van der Waals surface area contributed by atoms with Crippen molar-refractivity contribution in [3.63, 3.8) is 0 Å². The highest BCUT2D eigenvalue weighted by Crippen LogP contribution is 2.17. The summed E-state index contributed by atoms with van der Waals surface area (Å²) in [5, 5.41) is 2.86. The van der Waals surface area contributed by atoms with Crippen molar-refractivity contribution >= 4 is 23.2 Å². The molecule has 24 heavy (non-hydrogen) atoms. The van der Waals surface area contributed by atoms with Crippen LogP contribution in [0.1, 0.15) is 27.9 Å².